The molecule has 0 bridgehead atoms. The third-order valence-corrected chi connectivity index (χ3v) is 4.03. The summed E-state index contributed by atoms with van der Waals surface area (Å²) >= 11 is 0. The quantitative estimate of drug-likeness (QED) is 0.368. The number of aliphatic hydroxyl groups is 2. The van der Waals surface area contributed by atoms with Gasteiger partial charge in [0.25, 0.3) is 0 Å². The minimum atomic E-state index is -0.352. The molecular weight excluding hydrogens is 385 g/mol. The molecular formula is C23H28FN3O3. The second-order valence-electron chi connectivity index (χ2n) is 6.48. The number of ether oxygens (including phenoxy) is 1. The van der Waals surface area contributed by atoms with Gasteiger partial charge >= 0.3 is 0 Å². The predicted octanol–water partition coefficient (Wildman–Crippen LogP) is 3.18. The molecule has 0 fully saturated rings. The summed E-state index contributed by atoms with van der Waals surface area (Å²) in [6, 6.07) is 13.9. The van der Waals surface area contributed by atoms with E-state index in [1.54, 1.807) is 27.1 Å². The summed E-state index contributed by atoms with van der Waals surface area (Å²) in [5, 5.41) is 28.3. The van der Waals surface area contributed by atoms with Gasteiger partial charge in [0.05, 0.1) is 13.2 Å². The van der Waals surface area contributed by atoms with Crippen LogP contribution in [0.4, 0.5) is 4.39 Å². The van der Waals surface area contributed by atoms with E-state index in [4.69, 9.17) is 20.2 Å². The molecule has 3 N–H and O–H groups in total. The van der Waals surface area contributed by atoms with Gasteiger partial charge in [-0.1, -0.05) is 18.7 Å². The molecule has 0 heterocycles. The van der Waals surface area contributed by atoms with E-state index < -0.39 is 0 Å². The van der Waals surface area contributed by atoms with Gasteiger partial charge in [-0.25, -0.2) is 4.39 Å². The monoisotopic (exact) mass is 413 g/mol. The first kappa shape index (κ1) is 24.8. The van der Waals surface area contributed by atoms with Crippen molar-refractivity contribution >= 4 is 5.84 Å². The fourth-order valence-electron chi connectivity index (χ4n) is 2.54. The van der Waals surface area contributed by atoms with E-state index in [1.165, 1.54) is 12.1 Å². The summed E-state index contributed by atoms with van der Waals surface area (Å²) in [4.78, 5) is 4.20. The Labute approximate surface area is 177 Å². The van der Waals surface area contributed by atoms with Gasteiger partial charge in [0.15, 0.2) is 0 Å². The van der Waals surface area contributed by atoms with Crippen molar-refractivity contribution in [3.05, 3.63) is 77.2 Å². The minimum absolute atomic E-state index is 0.0810. The molecule has 1 atom stereocenters. The van der Waals surface area contributed by atoms with E-state index >= 15 is 0 Å². The molecule has 1 unspecified atom stereocenters. The van der Waals surface area contributed by atoms with E-state index in [1.807, 2.05) is 30.3 Å². The highest BCUT2D eigenvalue weighted by molar-refractivity contribution is 6.01. The Morgan fingerprint density at radius 3 is 2.57 bits per heavy atom. The number of hydrogen-bond donors (Lipinski definition) is 3. The Morgan fingerprint density at radius 2 is 2.07 bits per heavy atom. The van der Waals surface area contributed by atoms with Gasteiger partial charge in [-0.05, 0) is 61.2 Å². The first-order valence-electron chi connectivity index (χ1n) is 9.38. The largest absolute Gasteiger partial charge is 0.497 e. The van der Waals surface area contributed by atoms with Crippen molar-refractivity contribution in [2.24, 2.45) is 4.99 Å². The molecule has 0 aliphatic carbocycles. The zero-order chi connectivity index (χ0) is 22.5. The van der Waals surface area contributed by atoms with Crippen LogP contribution in [-0.4, -0.2) is 42.9 Å². The smallest absolute Gasteiger partial charge is 0.133 e. The van der Waals surface area contributed by atoms with Crippen LogP contribution >= 0.6 is 0 Å². The van der Waals surface area contributed by atoms with E-state index in [0.29, 0.717) is 24.4 Å². The molecule has 0 spiro atoms. The van der Waals surface area contributed by atoms with Gasteiger partial charge in [-0.2, -0.15) is 5.26 Å². The zero-order valence-electron chi connectivity index (χ0n) is 17.5. The van der Waals surface area contributed by atoms with Crippen LogP contribution in [0.3, 0.4) is 0 Å². The lowest BCUT2D eigenvalue weighted by molar-refractivity contribution is 0.148. The topological polar surface area (TPSA) is 97.9 Å². The highest BCUT2D eigenvalue weighted by Gasteiger charge is 2.12. The van der Waals surface area contributed by atoms with Crippen LogP contribution in [0.15, 0.2) is 59.7 Å². The van der Waals surface area contributed by atoms with Gasteiger partial charge in [0.2, 0.25) is 0 Å². The normalized spacial score (nSPS) is 11.6. The molecule has 160 valence electrons. The van der Waals surface area contributed by atoms with Crippen molar-refractivity contribution in [3.63, 3.8) is 0 Å². The van der Waals surface area contributed by atoms with E-state index in [9.17, 15) is 4.39 Å². The average molecular weight is 413 g/mol. The van der Waals surface area contributed by atoms with Gasteiger partial charge in [0.1, 0.15) is 29.2 Å². The molecule has 7 heteroatoms. The zero-order valence-corrected chi connectivity index (χ0v) is 17.5. The molecule has 2 aromatic carbocycles. The van der Waals surface area contributed by atoms with Crippen molar-refractivity contribution in [1.82, 2.24) is 5.32 Å². The fourth-order valence-corrected chi connectivity index (χ4v) is 2.54. The van der Waals surface area contributed by atoms with Crippen LogP contribution < -0.4 is 10.1 Å². The number of nitrogens with one attached hydrogen (secondary N) is 1. The van der Waals surface area contributed by atoms with Crippen molar-refractivity contribution in [2.45, 2.75) is 25.9 Å². The fraction of sp³-hybridized carbons (Fsp3) is 0.304. The molecule has 0 aliphatic heterocycles. The van der Waals surface area contributed by atoms with Gasteiger partial charge in [-0.3, -0.25) is 4.99 Å². The summed E-state index contributed by atoms with van der Waals surface area (Å²) < 4.78 is 18.7. The number of allylic oxidation sites excluding steroid dienone is 1. The number of amidine groups is 1. The van der Waals surface area contributed by atoms with Crippen LogP contribution in [0.25, 0.3) is 0 Å². The molecule has 2 rings (SSSR count). The first-order chi connectivity index (χ1) is 14.3. The van der Waals surface area contributed by atoms with Crippen molar-refractivity contribution in [1.29, 1.82) is 5.26 Å². The second kappa shape index (κ2) is 13.1. The number of benzene rings is 2. The van der Waals surface area contributed by atoms with Crippen molar-refractivity contribution in [2.75, 3.05) is 20.8 Å². The number of aliphatic imine (C=N–C) groups is 1. The molecule has 30 heavy (non-hydrogen) atoms. The number of rotatable bonds is 7. The van der Waals surface area contributed by atoms with Crippen LogP contribution in [-0.2, 0) is 6.42 Å². The van der Waals surface area contributed by atoms with E-state index in [0.717, 1.165) is 16.7 Å². The number of halogens is 1. The number of nitrogens with zero attached hydrogens (tertiary/aromatic N) is 2. The summed E-state index contributed by atoms with van der Waals surface area (Å²) in [6.45, 7) is 5.35. The maximum atomic E-state index is 13.5. The summed E-state index contributed by atoms with van der Waals surface area (Å²) in [6.07, 6.45) is 0.638. The molecule has 0 aromatic heterocycles. The van der Waals surface area contributed by atoms with Gasteiger partial charge in [-0.15, -0.1) is 0 Å². The standard InChI is InChI=1S/C19H18FN3O.C4H10O2/c1-13(12-21)23-19(22-2)18-8-7-17(24-3)11-15(18)9-14-5-4-6-16(20)10-14;1-4(6)2-3-5/h4-8,10-11H,1,9H2,2-3H3,(H,22,23);4-6H,2-3H2,1H3. The Balaban J connectivity index is 0.000000656. The third kappa shape index (κ3) is 8.43. The Bertz CT molecular complexity index is 905. The second-order valence-corrected chi connectivity index (χ2v) is 6.48. The molecule has 2 aromatic rings. The van der Waals surface area contributed by atoms with Gasteiger partial charge in [0, 0.05) is 19.2 Å². The lowest BCUT2D eigenvalue weighted by atomic mass is 9.98. The summed E-state index contributed by atoms with van der Waals surface area (Å²) in [5.74, 6) is 0.938. The lowest BCUT2D eigenvalue weighted by Gasteiger charge is -2.14. The van der Waals surface area contributed by atoms with Gasteiger partial charge < -0.3 is 20.3 Å². The number of nitriles is 1. The van der Waals surface area contributed by atoms with Crippen molar-refractivity contribution < 1.29 is 19.3 Å². The summed E-state index contributed by atoms with van der Waals surface area (Å²) in [7, 11) is 3.22. The highest BCUT2D eigenvalue weighted by atomic mass is 19.1. The van der Waals surface area contributed by atoms with Crippen LogP contribution in [0, 0.1) is 17.1 Å². The van der Waals surface area contributed by atoms with Crippen LogP contribution in [0.5, 0.6) is 5.75 Å². The van der Waals surface area contributed by atoms with E-state index in [-0.39, 0.29) is 24.2 Å². The minimum Gasteiger partial charge on any atom is -0.497 e. The Kier molecular flexibility index (Phi) is 10.8. The molecule has 0 aliphatic rings. The molecule has 0 saturated carbocycles. The number of aliphatic hydroxyl groups excluding tert-OH is 2. The summed E-state index contributed by atoms with van der Waals surface area (Å²) in [5.41, 5.74) is 2.74. The molecule has 0 radical (unpaired) electrons. The highest BCUT2D eigenvalue weighted by Crippen LogP contribution is 2.22. The van der Waals surface area contributed by atoms with Crippen LogP contribution in [0.1, 0.15) is 30.0 Å². The molecule has 0 saturated heterocycles. The molecule has 0 amide bonds. The maximum Gasteiger partial charge on any atom is 0.133 e. The number of hydrogen-bond acceptors (Lipinski definition) is 5. The Morgan fingerprint density at radius 1 is 1.33 bits per heavy atom. The maximum absolute atomic E-state index is 13.5. The van der Waals surface area contributed by atoms with E-state index in [2.05, 4.69) is 16.9 Å². The molecule has 6 nitrogen and oxygen atoms in total. The number of methoxy groups -OCH3 is 1. The first-order valence-corrected chi connectivity index (χ1v) is 9.38. The van der Waals surface area contributed by atoms with Crippen LogP contribution in [0.2, 0.25) is 0 Å². The Hall–Kier alpha value is -3.21. The third-order valence-electron chi connectivity index (χ3n) is 4.03. The van der Waals surface area contributed by atoms with Crippen molar-refractivity contribution in [3.8, 4) is 11.8 Å². The SMILES string of the molecule is C=C(C#N)NC(=NC)c1ccc(OC)cc1Cc1cccc(F)c1.CC(O)CCO. The lowest BCUT2D eigenvalue weighted by Crippen LogP contribution is -2.24. The average Bonchev–Trinajstić information content (AvgIpc) is 2.72. The predicted molar refractivity (Wildman–Crippen MR) is 116 cm³/mol.